The average molecular weight is 337 g/mol. The van der Waals surface area contributed by atoms with Crippen LogP contribution in [0.2, 0.25) is 0 Å². The number of anilines is 1. The molecule has 0 bridgehead atoms. The van der Waals surface area contributed by atoms with Crippen LogP contribution < -0.4 is 14.8 Å². The van der Waals surface area contributed by atoms with E-state index in [1.165, 1.54) is 18.2 Å². The van der Waals surface area contributed by atoms with E-state index in [0.29, 0.717) is 12.4 Å². The monoisotopic (exact) mass is 337 g/mol. The molecule has 5 nitrogen and oxygen atoms in total. The second-order valence-corrected chi connectivity index (χ2v) is 4.67. The number of alkyl halides is 2. The van der Waals surface area contributed by atoms with Crippen molar-refractivity contribution in [2.45, 2.75) is 6.61 Å². The van der Waals surface area contributed by atoms with Crippen LogP contribution in [-0.2, 0) is 4.74 Å². The molecule has 0 atom stereocenters. The molecule has 0 aromatic heterocycles. The van der Waals surface area contributed by atoms with E-state index < -0.39 is 12.5 Å². The summed E-state index contributed by atoms with van der Waals surface area (Å²) in [4.78, 5) is 12.4. The largest absolute Gasteiger partial charge is 0.490 e. The summed E-state index contributed by atoms with van der Waals surface area (Å²) in [5.41, 5.74) is 0.426. The smallest absolute Gasteiger partial charge is 0.387 e. The summed E-state index contributed by atoms with van der Waals surface area (Å²) >= 11 is 0. The minimum Gasteiger partial charge on any atom is -0.490 e. The van der Waals surface area contributed by atoms with Crippen LogP contribution >= 0.6 is 0 Å². The Morgan fingerprint density at radius 3 is 2.42 bits per heavy atom. The van der Waals surface area contributed by atoms with Crippen molar-refractivity contribution >= 4 is 11.6 Å². The van der Waals surface area contributed by atoms with Crippen molar-refractivity contribution in [1.29, 1.82) is 0 Å². The average Bonchev–Trinajstić information content (AvgIpc) is 2.57. The molecule has 1 N–H and O–H groups in total. The standard InChI is InChI=1S/C17H17F2NO4/c1-22-10-11-23-14-8-4-2-6-12(14)16(21)20-13-7-3-5-9-15(13)24-17(18)19/h2-9,17H,10-11H2,1H3,(H,20,21). The fraction of sp³-hybridized carbons (Fsp3) is 0.235. The van der Waals surface area contributed by atoms with Crippen LogP contribution in [0.1, 0.15) is 10.4 Å². The Kier molecular flexibility index (Phi) is 6.51. The van der Waals surface area contributed by atoms with Gasteiger partial charge in [-0.25, -0.2) is 0 Å². The van der Waals surface area contributed by atoms with E-state index in [1.807, 2.05) is 0 Å². The van der Waals surface area contributed by atoms with Gasteiger partial charge in [-0.05, 0) is 24.3 Å². The number of amides is 1. The minimum atomic E-state index is -2.98. The number of hydrogen-bond donors (Lipinski definition) is 1. The van der Waals surface area contributed by atoms with Crippen molar-refractivity contribution in [2.75, 3.05) is 25.6 Å². The van der Waals surface area contributed by atoms with Crippen LogP contribution in [0.5, 0.6) is 11.5 Å². The number of rotatable bonds is 8. The Bertz CT molecular complexity index is 679. The third-order valence-corrected chi connectivity index (χ3v) is 3.03. The second-order valence-electron chi connectivity index (χ2n) is 4.67. The summed E-state index contributed by atoms with van der Waals surface area (Å²) in [7, 11) is 1.54. The Morgan fingerprint density at radius 1 is 1.04 bits per heavy atom. The lowest BCUT2D eigenvalue weighted by Gasteiger charge is -2.14. The molecule has 128 valence electrons. The molecule has 1 amide bonds. The molecule has 0 fully saturated rings. The van der Waals surface area contributed by atoms with Gasteiger partial charge in [-0.1, -0.05) is 24.3 Å². The molecule has 0 radical (unpaired) electrons. The Labute approximate surface area is 138 Å². The fourth-order valence-electron chi connectivity index (χ4n) is 1.97. The summed E-state index contributed by atoms with van der Waals surface area (Å²) < 4.78 is 39.7. The van der Waals surface area contributed by atoms with Gasteiger partial charge in [-0.15, -0.1) is 0 Å². The number of hydrogen-bond acceptors (Lipinski definition) is 4. The Hall–Kier alpha value is -2.67. The van der Waals surface area contributed by atoms with Crippen molar-refractivity contribution in [1.82, 2.24) is 0 Å². The molecule has 0 saturated heterocycles. The molecule has 0 unspecified atom stereocenters. The van der Waals surface area contributed by atoms with Gasteiger partial charge in [-0.2, -0.15) is 8.78 Å². The summed E-state index contributed by atoms with van der Waals surface area (Å²) in [6.45, 7) is -2.32. The highest BCUT2D eigenvalue weighted by Crippen LogP contribution is 2.27. The topological polar surface area (TPSA) is 56.8 Å². The van der Waals surface area contributed by atoms with Crippen LogP contribution in [0.4, 0.5) is 14.5 Å². The van der Waals surface area contributed by atoms with Gasteiger partial charge in [0.15, 0.2) is 0 Å². The number of carbonyl (C=O) groups excluding carboxylic acids is 1. The van der Waals surface area contributed by atoms with Gasteiger partial charge in [0, 0.05) is 7.11 Å². The zero-order valence-corrected chi connectivity index (χ0v) is 13.0. The third kappa shape index (κ3) is 4.92. The molecule has 2 aromatic rings. The molecular weight excluding hydrogens is 320 g/mol. The quantitative estimate of drug-likeness (QED) is 0.748. The number of benzene rings is 2. The van der Waals surface area contributed by atoms with Gasteiger partial charge < -0.3 is 19.5 Å². The van der Waals surface area contributed by atoms with Crippen molar-refractivity contribution in [3.05, 3.63) is 54.1 Å². The molecule has 0 saturated carbocycles. The lowest BCUT2D eigenvalue weighted by molar-refractivity contribution is -0.0493. The van der Waals surface area contributed by atoms with E-state index in [9.17, 15) is 13.6 Å². The number of methoxy groups -OCH3 is 1. The van der Waals surface area contributed by atoms with Crippen molar-refractivity contribution in [3.63, 3.8) is 0 Å². The van der Waals surface area contributed by atoms with E-state index in [4.69, 9.17) is 9.47 Å². The zero-order valence-electron chi connectivity index (χ0n) is 13.0. The first-order chi connectivity index (χ1) is 11.6. The highest BCUT2D eigenvalue weighted by Gasteiger charge is 2.15. The second kappa shape index (κ2) is 8.83. The molecule has 7 heteroatoms. The SMILES string of the molecule is COCCOc1ccccc1C(=O)Nc1ccccc1OC(F)F. The van der Waals surface area contributed by atoms with E-state index in [2.05, 4.69) is 10.1 Å². The lowest BCUT2D eigenvalue weighted by atomic mass is 10.2. The van der Waals surface area contributed by atoms with E-state index in [1.54, 1.807) is 37.4 Å². The normalized spacial score (nSPS) is 10.5. The molecule has 0 aliphatic carbocycles. The van der Waals surface area contributed by atoms with Gasteiger partial charge in [0.05, 0.1) is 17.9 Å². The molecular formula is C17H17F2NO4. The first-order valence-electron chi connectivity index (χ1n) is 7.17. The fourth-order valence-corrected chi connectivity index (χ4v) is 1.97. The van der Waals surface area contributed by atoms with Gasteiger partial charge in [0.25, 0.3) is 5.91 Å². The molecule has 24 heavy (non-hydrogen) atoms. The number of nitrogens with one attached hydrogen (secondary N) is 1. The molecule has 0 heterocycles. The predicted molar refractivity (Wildman–Crippen MR) is 84.8 cm³/mol. The van der Waals surface area contributed by atoms with E-state index in [0.717, 1.165) is 0 Å². The van der Waals surface area contributed by atoms with Gasteiger partial charge in [0.2, 0.25) is 0 Å². The maximum absolute atomic E-state index is 12.4. The van der Waals surface area contributed by atoms with Crippen LogP contribution in [0, 0.1) is 0 Å². The number of ether oxygens (including phenoxy) is 3. The molecule has 0 spiro atoms. The molecule has 0 aliphatic rings. The first kappa shape index (κ1) is 17.7. The maximum Gasteiger partial charge on any atom is 0.387 e. The Morgan fingerprint density at radius 2 is 1.71 bits per heavy atom. The highest BCUT2D eigenvalue weighted by molar-refractivity contribution is 6.06. The van der Waals surface area contributed by atoms with Crippen LogP contribution in [-0.4, -0.2) is 32.8 Å². The minimum absolute atomic E-state index is 0.112. The molecule has 2 rings (SSSR count). The van der Waals surface area contributed by atoms with Gasteiger partial charge >= 0.3 is 6.61 Å². The molecule has 2 aromatic carbocycles. The first-order valence-corrected chi connectivity index (χ1v) is 7.17. The number of halogens is 2. The van der Waals surface area contributed by atoms with E-state index >= 15 is 0 Å². The predicted octanol–water partition coefficient (Wildman–Crippen LogP) is 3.57. The summed E-state index contributed by atoms with van der Waals surface area (Å²) in [6, 6.07) is 12.6. The number of para-hydroxylation sites is 3. The van der Waals surface area contributed by atoms with Crippen molar-refractivity contribution in [2.24, 2.45) is 0 Å². The summed E-state index contributed by atoms with van der Waals surface area (Å²) in [5, 5.41) is 2.55. The van der Waals surface area contributed by atoms with Crippen molar-refractivity contribution in [3.8, 4) is 11.5 Å². The van der Waals surface area contributed by atoms with Crippen molar-refractivity contribution < 1.29 is 27.8 Å². The molecule has 0 aliphatic heterocycles. The highest BCUT2D eigenvalue weighted by atomic mass is 19.3. The van der Waals surface area contributed by atoms with E-state index in [-0.39, 0.29) is 23.6 Å². The lowest BCUT2D eigenvalue weighted by Crippen LogP contribution is -2.16. The number of carbonyl (C=O) groups is 1. The zero-order chi connectivity index (χ0) is 17.4. The van der Waals surface area contributed by atoms with Crippen LogP contribution in [0.25, 0.3) is 0 Å². The van der Waals surface area contributed by atoms with Crippen LogP contribution in [0.15, 0.2) is 48.5 Å². The Balaban J connectivity index is 2.16. The van der Waals surface area contributed by atoms with Gasteiger partial charge in [-0.3, -0.25) is 4.79 Å². The maximum atomic E-state index is 12.4. The van der Waals surface area contributed by atoms with Gasteiger partial charge in [0.1, 0.15) is 18.1 Å². The summed E-state index contributed by atoms with van der Waals surface area (Å²) in [6.07, 6.45) is 0. The van der Waals surface area contributed by atoms with Crippen LogP contribution in [0.3, 0.4) is 0 Å². The summed E-state index contributed by atoms with van der Waals surface area (Å²) in [5.74, 6) is -0.230. The third-order valence-electron chi connectivity index (χ3n) is 3.03.